The summed E-state index contributed by atoms with van der Waals surface area (Å²) in [5.41, 5.74) is -1.40. The highest BCUT2D eigenvalue weighted by molar-refractivity contribution is 6.38. The van der Waals surface area contributed by atoms with Crippen molar-refractivity contribution in [1.82, 2.24) is 10.2 Å². The number of aliphatic hydroxyl groups is 1. The number of ketones is 1. The number of fused-ring (bicyclic) bond motifs is 1. The predicted molar refractivity (Wildman–Crippen MR) is 83.4 cm³/mol. The molecule has 2 amide bonds. The molecule has 0 radical (unpaired) electrons. The van der Waals surface area contributed by atoms with Gasteiger partial charge in [-0.3, -0.25) is 14.4 Å². The van der Waals surface area contributed by atoms with Crippen molar-refractivity contribution in [2.24, 2.45) is 23.2 Å². The molecule has 6 rings (SSSR count). The molecule has 1 saturated heterocycles. The summed E-state index contributed by atoms with van der Waals surface area (Å²) in [6, 6.07) is 0.121. The van der Waals surface area contributed by atoms with E-state index in [1.54, 1.807) is 4.90 Å². The van der Waals surface area contributed by atoms with Crippen molar-refractivity contribution < 1.29 is 19.5 Å². The minimum Gasteiger partial charge on any atom is -0.390 e. The Bertz CT molecular complexity index is 619. The number of carbonyl (C=O) groups excluding carboxylic acids is 3. The quantitative estimate of drug-likeness (QED) is 0.582. The largest absolute Gasteiger partial charge is 0.390 e. The second kappa shape index (κ2) is 4.59. The average Bonchev–Trinajstić information content (AvgIpc) is 3.15. The van der Waals surface area contributed by atoms with Crippen LogP contribution in [0.4, 0.5) is 0 Å². The zero-order chi connectivity index (χ0) is 16.7. The summed E-state index contributed by atoms with van der Waals surface area (Å²) in [6.07, 6.45) is 6.61. The van der Waals surface area contributed by atoms with Crippen molar-refractivity contribution in [3.63, 3.8) is 0 Å². The van der Waals surface area contributed by atoms with Gasteiger partial charge in [0.25, 0.3) is 5.91 Å². The van der Waals surface area contributed by atoms with E-state index in [1.165, 1.54) is 0 Å². The van der Waals surface area contributed by atoms with Crippen molar-refractivity contribution in [2.75, 3.05) is 0 Å². The number of piperidine rings is 1. The van der Waals surface area contributed by atoms with Gasteiger partial charge in [0.1, 0.15) is 6.17 Å². The molecule has 130 valence electrons. The number of rotatable bonds is 4. The van der Waals surface area contributed by atoms with Crippen LogP contribution in [0, 0.1) is 23.2 Å². The molecule has 5 saturated carbocycles. The van der Waals surface area contributed by atoms with Gasteiger partial charge in [-0.05, 0) is 69.1 Å². The molecule has 5 aliphatic carbocycles. The number of nitrogens with zero attached hydrogens (tertiary/aromatic N) is 1. The highest BCUT2D eigenvalue weighted by Gasteiger charge is 2.63. The van der Waals surface area contributed by atoms with Gasteiger partial charge >= 0.3 is 0 Å². The first-order chi connectivity index (χ1) is 11.4. The van der Waals surface area contributed by atoms with Gasteiger partial charge < -0.3 is 15.3 Å². The van der Waals surface area contributed by atoms with Crippen LogP contribution in [0.2, 0.25) is 0 Å². The van der Waals surface area contributed by atoms with Crippen molar-refractivity contribution in [2.45, 2.75) is 69.2 Å². The van der Waals surface area contributed by atoms with Crippen LogP contribution in [0.25, 0.3) is 0 Å². The number of Topliss-reactive ketones (excluding diaryl/α,β-unsaturated/α-hetero) is 1. The second-order valence-corrected chi connectivity index (χ2v) is 9.11. The predicted octanol–water partition coefficient (Wildman–Crippen LogP) is 0.580. The first kappa shape index (κ1) is 14.9. The fraction of sp³-hybridized carbons (Fsp3) is 0.833. The topological polar surface area (TPSA) is 86.7 Å². The maximum absolute atomic E-state index is 13.2. The lowest BCUT2D eigenvalue weighted by molar-refractivity contribution is -0.181. The van der Waals surface area contributed by atoms with Gasteiger partial charge in [0, 0.05) is 11.5 Å². The standard InChI is InChI=1S/C18H24N2O4/c21-9-19-14-3-12-2-13(12)20(14)16(23)15(22)17-4-10-1-11(5-17)7-18(24,6-10)8-17/h9-14,24H,1-8H2,(H,19,21). The summed E-state index contributed by atoms with van der Waals surface area (Å²) >= 11 is 0. The van der Waals surface area contributed by atoms with Gasteiger partial charge in [-0.15, -0.1) is 0 Å². The Morgan fingerprint density at radius 1 is 1.08 bits per heavy atom. The lowest BCUT2D eigenvalue weighted by Crippen LogP contribution is -2.61. The molecule has 0 aromatic carbocycles. The molecule has 5 unspecified atom stereocenters. The Balaban J connectivity index is 1.42. The third-order valence-corrected chi connectivity index (χ3v) is 7.31. The first-order valence-electron chi connectivity index (χ1n) is 9.22. The Morgan fingerprint density at radius 2 is 1.79 bits per heavy atom. The summed E-state index contributed by atoms with van der Waals surface area (Å²) in [5, 5.41) is 13.5. The van der Waals surface area contributed by atoms with Gasteiger partial charge in [-0.2, -0.15) is 0 Å². The van der Waals surface area contributed by atoms with Crippen LogP contribution in [-0.2, 0) is 14.4 Å². The third-order valence-electron chi connectivity index (χ3n) is 7.31. The maximum Gasteiger partial charge on any atom is 0.292 e. The van der Waals surface area contributed by atoms with Gasteiger partial charge in [-0.1, -0.05) is 0 Å². The van der Waals surface area contributed by atoms with Crippen molar-refractivity contribution >= 4 is 18.1 Å². The van der Waals surface area contributed by atoms with Crippen LogP contribution in [0.1, 0.15) is 51.4 Å². The molecule has 2 N–H and O–H groups in total. The van der Waals surface area contributed by atoms with Crippen molar-refractivity contribution in [3.05, 3.63) is 0 Å². The van der Waals surface area contributed by atoms with Gasteiger partial charge in [0.2, 0.25) is 12.2 Å². The summed E-state index contributed by atoms with van der Waals surface area (Å²) < 4.78 is 0. The number of amides is 2. The number of hydrogen-bond donors (Lipinski definition) is 2. The molecule has 6 heteroatoms. The third kappa shape index (κ3) is 1.95. The zero-order valence-corrected chi connectivity index (χ0v) is 13.7. The molecular weight excluding hydrogens is 308 g/mol. The first-order valence-corrected chi connectivity index (χ1v) is 9.22. The number of carbonyl (C=O) groups is 3. The molecule has 6 aliphatic rings. The van der Waals surface area contributed by atoms with Crippen LogP contribution in [0.5, 0.6) is 0 Å². The molecule has 0 aromatic heterocycles. The normalized spacial score (nSPS) is 50.5. The van der Waals surface area contributed by atoms with Crippen LogP contribution in [0.3, 0.4) is 0 Å². The minimum atomic E-state index is -0.742. The van der Waals surface area contributed by atoms with Gasteiger partial charge in [-0.25, -0.2) is 0 Å². The van der Waals surface area contributed by atoms with E-state index in [4.69, 9.17) is 0 Å². The zero-order valence-electron chi connectivity index (χ0n) is 13.7. The fourth-order valence-electron chi connectivity index (χ4n) is 6.80. The molecule has 5 atom stereocenters. The lowest BCUT2D eigenvalue weighted by Gasteiger charge is -2.59. The molecule has 0 aromatic rings. The van der Waals surface area contributed by atoms with Crippen LogP contribution in [0.15, 0.2) is 0 Å². The summed E-state index contributed by atoms with van der Waals surface area (Å²) in [6.45, 7) is 0. The summed E-state index contributed by atoms with van der Waals surface area (Å²) in [5.74, 6) is 0.457. The number of nitrogens with one attached hydrogen (secondary N) is 1. The average molecular weight is 332 g/mol. The van der Waals surface area contributed by atoms with Gasteiger partial charge in [0.15, 0.2) is 0 Å². The smallest absolute Gasteiger partial charge is 0.292 e. The van der Waals surface area contributed by atoms with E-state index in [9.17, 15) is 19.5 Å². The van der Waals surface area contributed by atoms with E-state index in [0.29, 0.717) is 30.6 Å². The molecule has 1 aliphatic heterocycles. The van der Waals surface area contributed by atoms with Crippen LogP contribution < -0.4 is 5.32 Å². The highest BCUT2D eigenvalue weighted by atomic mass is 16.3. The van der Waals surface area contributed by atoms with E-state index in [1.807, 2.05) is 0 Å². The molecule has 24 heavy (non-hydrogen) atoms. The molecule has 6 fully saturated rings. The highest BCUT2D eigenvalue weighted by Crippen LogP contribution is 2.62. The van der Waals surface area contributed by atoms with E-state index in [-0.39, 0.29) is 18.0 Å². The SMILES string of the molecule is O=CNC1CC2CC2N1C(=O)C(=O)C12CC3CC(CC(O)(C3)C1)C2. The maximum atomic E-state index is 13.2. The van der Waals surface area contributed by atoms with Crippen LogP contribution in [-0.4, -0.2) is 45.9 Å². The Labute approximate surface area is 141 Å². The molecule has 6 nitrogen and oxygen atoms in total. The Hall–Kier alpha value is -1.43. The monoisotopic (exact) mass is 332 g/mol. The summed E-state index contributed by atoms with van der Waals surface area (Å²) in [7, 11) is 0. The van der Waals surface area contributed by atoms with E-state index >= 15 is 0 Å². The molecule has 0 spiro atoms. The van der Waals surface area contributed by atoms with E-state index < -0.39 is 16.9 Å². The fourth-order valence-corrected chi connectivity index (χ4v) is 6.80. The number of hydrogen-bond acceptors (Lipinski definition) is 4. The second-order valence-electron chi connectivity index (χ2n) is 9.11. The lowest BCUT2D eigenvalue weighted by atomic mass is 9.47. The molecule has 1 heterocycles. The van der Waals surface area contributed by atoms with E-state index in [2.05, 4.69) is 5.32 Å². The van der Waals surface area contributed by atoms with Crippen LogP contribution >= 0.6 is 0 Å². The Kier molecular flexibility index (Phi) is 2.85. The minimum absolute atomic E-state index is 0.121. The Morgan fingerprint density at radius 3 is 2.42 bits per heavy atom. The van der Waals surface area contributed by atoms with Crippen molar-refractivity contribution in [1.29, 1.82) is 0 Å². The molecular formula is C18H24N2O4. The number of likely N-dealkylation sites (tertiary alicyclic amines) is 1. The van der Waals surface area contributed by atoms with Crippen molar-refractivity contribution in [3.8, 4) is 0 Å². The van der Waals surface area contributed by atoms with Gasteiger partial charge in [0.05, 0.1) is 5.60 Å². The van der Waals surface area contributed by atoms with E-state index in [0.717, 1.165) is 44.9 Å². The molecule has 4 bridgehead atoms. The summed E-state index contributed by atoms with van der Waals surface area (Å²) in [4.78, 5) is 38.7.